The number of hydrogen-bond acceptors (Lipinski definition) is 5. The highest BCUT2D eigenvalue weighted by Crippen LogP contribution is 2.41. The summed E-state index contributed by atoms with van der Waals surface area (Å²) in [5.41, 5.74) is 1.84. The molecule has 0 atom stereocenters. The molecule has 3 aromatic rings. The van der Waals surface area contributed by atoms with E-state index in [1.807, 2.05) is 96.1 Å². The van der Waals surface area contributed by atoms with Gasteiger partial charge in [-0.15, -0.1) is 0 Å². The van der Waals surface area contributed by atoms with Crippen LogP contribution in [0, 0.1) is 0 Å². The second kappa shape index (κ2) is 9.66. The Morgan fingerprint density at radius 2 is 1.53 bits per heavy atom. The van der Waals surface area contributed by atoms with Gasteiger partial charge in [0, 0.05) is 16.5 Å². The molecule has 1 fully saturated rings. The van der Waals surface area contributed by atoms with Crippen LogP contribution in [-0.4, -0.2) is 34.3 Å². The molecule has 0 aliphatic carbocycles. The lowest BCUT2D eigenvalue weighted by atomic mass is 9.78. The van der Waals surface area contributed by atoms with E-state index in [-0.39, 0.29) is 40.9 Å². The SMILES string of the molecule is CC(C)(C)c1cc(/C=C2\SC(=O)N(CCOc3cccc4ccccc34)C2=O)cc(C(C)(C)C)c1O. The molecule has 36 heavy (non-hydrogen) atoms. The zero-order chi connectivity index (χ0) is 26.3. The Morgan fingerprint density at radius 1 is 0.917 bits per heavy atom. The van der Waals surface area contributed by atoms with Crippen molar-refractivity contribution in [1.29, 1.82) is 0 Å². The fraction of sp³-hybridized carbons (Fsp3) is 0.333. The van der Waals surface area contributed by atoms with Crippen LogP contribution in [0.2, 0.25) is 0 Å². The summed E-state index contributed by atoms with van der Waals surface area (Å²) >= 11 is 0.937. The molecule has 1 saturated heterocycles. The van der Waals surface area contributed by atoms with Crippen molar-refractivity contribution >= 4 is 39.8 Å². The molecule has 0 radical (unpaired) electrons. The number of rotatable bonds is 5. The number of benzene rings is 3. The Hall–Kier alpha value is -3.25. The monoisotopic (exact) mass is 503 g/mol. The summed E-state index contributed by atoms with van der Waals surface area (Å²) in [6.07, 6.45) is 1.75. The molecule has 3 aromatic carbocycles. The Morgan fingerprint density at radius 3 is 2.17 bits per heavy atom. The predicted octanol–water partition coefficient (Wildman–Crippen LogP) is 7.26. The lowest BCUT2D eigenvalue weighted by Gasteiger charge is -2.28. The van der Waals surface area contributed by atoms with Crippen LogP contribution in [0.3, 0.4) is 0 Å². The van der Waals surface area contributed by atoms with Gasteiger partial charge in [0.05, 0.1) is 11.4 Å². The fourth-order valence-electron chi connectivity index (χ4n) is 4.30. The highest BCUT2D eigenvalue weighted by molar-refractivity contribution is 8.18. The zero-order valence-corrected chi connectivity index (χ0v) is 22.5. The molecule has 1 heterocycles. The van der Waals surface area contributed by atoms with Gasteiger partial charge in [-0.05, 0) is 57.8 Å². The summed E-state index contributed by atoms with van der Waals surface area (Å²) in [4.78, 5) is 27.4. The molecule has 0 saturated carbocycles. The molecule has 0 bridgehead atoms. The van der Waals surface area contributed by atoms with Crippen LogP contribution in [0.1, 0.15) is 58.2 Å². The van der Waals surface area contributed by atoms with E-state index in [0.29, 0.717) is 4.91 Å². The minimum atomic E-state index is -0.325. The van der Waals surface area contributed by atoms with Crippen LogP contribution < -0.4 is 4.74 Å². The van der Waals surface area contributed by atoms with Gasteiger partial charge in [0.15, 0.2) is 0 Å². The number of phenolic OH excluding ortho intramolecular Hbond substituents is 1. The highest BCUT2D eigenvalue weighted by Gasteiger charge is 2.35. The number of nitrogens with zero attached hydrogens (tertiary/aromatic N) is 1. The van der Waals surface area contributed by atoms with Gasteiger partial charge in [-0.2, -0.15) is 0 Å². The van der Waals surface area contributed by atoms with E-state index in [0.717, 1.165) is 45.0 Å². The van der Waals surface area contributed by atoms with Crippen molar-refractivity contribution in [3.8, 4) is 11.5 Å². The van der Waals surface area contributed by atoms with Gasteiger partial charge in [-0.25, -0.2) is 0 Å². The van der Waals surface area contributed by atoms with Crippen molar-refractivity contribution in [3.05, 3.63) is 76.2 Å². The molecule has 1 aliphatic heterocycles. The Bertz CT molecular complexity index is 1320. The van der Waals surface area contributed by atoms with Crippen LogP contribution in [-0.2, 0) is 15.6 Å². The first-order valence-corrected chi connectivity index (χ1v) is 12.9. The number of fused-ring (bicyclic) bond motifs is 1. The molecule has 0 unspecified atom stereocenters. The first-order chi connectivity index (χ1) is 16.9. The molecule has 188 valence electrons. The van der Waals surface area contributed by atoms with E-state index in [1.165, 1.54) is 4.90 Å². The average Bonchev–Trinajstić information content (AvgIpc) is 3.06. The maximum absolute atomic E-state index is 13.1. The normalized spacial score (nSPS) is 15.8. The summed E-state index contributed by atoms with van der Waals surface area (Å²) in [7, 11) is 0. The summed E-state index contributed by atoms with van der Waals surface area (Å²) in [5.74, 6) is 0.684. The van der Waals surface area contributed by atoms with Crippen molar-refractivity contribution < 1.29 is 19.4 Å². The van der Waals surface area contributed by atoms with Crippen LogP contribution >= 0.6 is 11.8 Å². The number of phenols is 1. The minimum Gasteiger partial charge on any atom is -0.507 e. The van der Waals surface area contributed by atoms with E-state index in [1.54, 1.807) is 6.08 Å². The third-order valence-electron chi connectivity index (χ3n) is 6.24. The summed E-state index contributed by atoms with van der Waals surface area (Å²) in [6, 6.07) is 17.6. The standard InChI is InChI=1S/C30H33NO4S/c1-29(2,3)22-16-19(17-23(26(22)32)30(4,5)6)18-25-27(33)31(28(34)36-25)14-15-35-24-13-9-11-20-10-7-8-12-21(20)24/h7-13,16-18,32H,14-15H2,1-6H3/b25-18-. The number of ether oxygens (including phenoxy) is 1. The number of hydrogen-bond donors (Lipinski definition) is 1. The summed E-state index contributed by atoms with van der Waals surface area (Å²) in [6.45, 7) is 12.6. The summed E-state index contributed by atoms with van der Waals surface area (Å²) in [5, 5.41) is 12.7. The Balaban J connectivity index is 1.55. The molecule has 2 amide bonds. The van der Waals surface area contributed by atoms with Crippen molar-refractivity contribution in [1.82, 2.24) is 4.90 Å². The molecular weight excluding hydrogens is 470 g/mol. The Labute approximate surface area is 217 Å². The topological polar surface area (TPSA) is 66.8 Å². The van der Waals surface area contributed by atoms with Crippen molar-refractivity contribution in [2.75, 3.05) is 13.2 Å². The maximum Gasteiger partial charge on any atom is 0.293 e. The Kier molecular flexibility index (Phi) is 6.93. The fourth-order valence-corrected chi connectivity index (χ4v) is 5.16. The van der Waals surface area contributed by atoms with Gasteiger partial charge in [0.25, 0.3) is 11.1 Å². The number of imide groups is 1. The van der Waals surface area contributed by atoms with E-state index in [9.17, 15) is 14.7 Å². The first kappa shape index (κ1) is 25.8. The maximum atomic E-state index is 13.1. The van der Waals surface area contributed by atoms with E-state index >= 15 is 0 Å². The lowest BCUT2D eigenvalue weighted by molar-refractivity contribution is -0.123. The van der Waals surface area contributed by atoms with Gasteiger partial charge in [-0.3, -0.25) is 14.5 Å². The molecule has 0 aromatic heterocycles. The second-order valence-electron chi connectivity index (χ2n) is 11.1. The van der Waals surface area contributed by atoms with Gasteiger partial charge in [0.2, 0.25) is 0 Å². The number of carbonyl (C=O) groups excluding carboxylic acids is 2. The van der Waals surface area contributed by atoms with Gasteiger partial charge in [-0.1, -0.05) is 77.9 Å². The number of amides is 2. The largest absolute Gasteiger partial charge is 0.507 e. The van der Waals surface area contributed by atoms with Crippen molar-refractivity contribution in [2.24, 2.45) is 0 Å². The van der Waals surface area contributed by atoms with Crippen molar-refractivity contribution in [2.45, 2.75) is 52.4 Å². The molecule has 5 nitrogen and oxygen atoms in total. The van der Waals surface area contributed by atoms with Gasteiger partial charge < -0.3 is 9.84 Å². The van der Waals surface area contributed by atoms with Crippen LogP contribution in [0.15, 0.2) is 59.5 Å². The first-order valence-electron chi connectivity index (χ1n) is 12.1. The van der Waals surface area contributed by atoms with E-state index in [4.69, 9.17) is 4.74 Å². The number of aromatic hydroxyl groups is 1. The van der Waals surface area contributed by atoms with Crippen molar-refractivity contribution in [3.63, 3.8) is 0 Å². The average molecular weight is 504 g/mol. The lowest BCUT2D eigenvalue weighted by Crippen LogP contribution is -2.32. The van der Waals surface area contributed by atoms with Crippen LogP contribution in [0.5, 0.6) is 11.5 Å². The number of thioether (sulfide) groups is 1. The smallest absolute Gasteiger partial charge is 0.293 e. The molecule has 1 aliphatic rings. The highest BCUT2D eigenvalue weighted by atomic mass is 32.2. The second-order valence-corrected chi connectivity index (χ2v) is 12.1. The van der Waals surface area contributed by atoms with Crippen LogP contribution in [0.25, 0.3) is 16.8 Å². The van der Waals surface area contributed by atoms with Gasteiger partial charge >= 0.3 is 0 Å². The third kappa shape index (κ3) is 5.29. The summed E-state index contributed by atoms with van der Waals surface area (Å²) < 4.78 is 5.95. The predicted molar refractivity (Wildman–Crippen MR) is 148 cm³/mol. The molecule has 1 N–H and O–H groups in total. The molecule has 6 heteroatoms. The van der Waals surface area contributed by atoms with Crippen LogP contribution in [0.4, 0.5) is 4.79 Å². The zero-order valence-electron chi connectivity index (χ0n) is 21.7. The van der Waals surface area contributed by atoms with E-state index < -0.39 is 0 Å². The van der Waals surface area contributed by atoms with Gasteiger partial charge in [0.1, 0.15) is 18.1 Å². The molecule has 4 rings (SSSR count). The third-order valence-corrected chi connectivity index (χ3v) is 7.15. The minimum absolute atomic E-state index is 0.168. The molecule has 0 spiro atoms. The number of carbonyl (C=O) groups is 2. The molecular formula is C30H33NO4S. The van der Waals surface area contributed by atoms with E-state index in [2.05, 4.69) is 0 Å². The quantitative estimate of drug-likeness (QED) is 0.371.